The van der Waals surface area contributed by atoms with Gasteiger partial charge in [0.05, 0.1) is 12.1 Å². The first-order valence-electron chi connectivity index (χ1n) is 9.10. The number of benzene rings is 2. The molecule has 1 amide bonds. The summed E-state index contributed by atoms with van der Waals surface area (Å²) in [4.78, 5) is 19.3. The lowest BCUT2D eigenvalue weighted by molar-refractivity contribution is -0.122. The van der Waals surface area contributed by atoms with Gasteiger partial charge in [0, 0.05) is 10.9 Å². The lowest BCUT2D eigenvalue weighted by Gasteiger charge is -2.40. The maximum Gasteiger partial charge on any atom is 0.232 e. The summed E-state index contributed by atoms with van der Waals surface area (Å²) in [5.41, 5.74) is 2.07. The van der Waals surface area contributed by atoms with Crippen molar-refractivity contribution in [1.82, 2.24) is 14.8 Å². The molecule has 0 radical (unpaired) electrons. The van der Waals surface area contributed by atoms with E-state index < -0.39 is 0 Å². The molecular formula is C21H21ClN4O. The number of amides is 1. The van der Waals surface area contributed by atoms with Gasteiger partial charge in [-0.1, -0.05) is 74.0 Å². The van der Waals surface area contributed by atoms with Gasteiger partial charge in [0.15, 0.2) is 0 Å². The molecular weight excluding hydrogens is 360 g/mol. The molecule has 0 fully saturated rings. The Hall–Kier alpha value is -2.66. The van der Waals surface area contributed by atoms with Crippen LogP contribution in [0.15, 0.2) is 60.9 Å². The van der Waals surface area contributed by atoms with E-state index in [1.807, 2.05) is 61.0 Å². The molecule has 4 rings (SSSR count). The van der Waals surface area contributed by atoms with E-state index in [1.54, 1.807) is 4.90 Å². The number of carbonyl (C=O) groups is 1. The van der Waals surface area contributed by atoms with Crippen LogP contribution in [0.2, 0.25) is 5.02 Å². The maximum absolute atomic E-state index is 13.1. The second-order valence-corrected chi connectivity index (χ2v) is 7.47. The standard InChI is InChI=1S/C21H21ClN4O/c1-14(2)20(27)25-18(15-8-4-3-5-9-15)12-19(26-21(25)23-13-24-26)16-10-6-7-11-17(16)22/h3-11,13-14,18-19H,12H2,1-2H3/t18-,19-/m1/s1. The van der Waals surface area contributed by atoms with E-state index in [1.165, 1.54) is 6.33 Å². The highest BCUT2D eigenvalue weighted by Crippen LogP contribution is 2.43. The largest absolute Gasteiger partial charge is 0.274 e. The third kappa shape index (κ3) is 3.12. The molecule has 6 heteroatoms. The minimum atomic E-state index is -0.141. The van der Waals surface area contributed by atoms with Crippen molar-refractivity contribution in [2.75, 3.05) is 4.90 Å². The lowest BCUT2D eigenvalue weighted by atomic mass is 9.91. The van der Waals surface area contributed by atoms with Crippen LogP contribution in [0.4, 0.5) is 5.95 Å². The Morgan fingerprint density at radius 3 is 2.48 bits per heavy atom. The Kier molecular flexibility index (Phi) is 4.70. The summed E-state index contributed by atoms with van der Waals surface area (Å²) in [6, 6.07) is 17.7. The molecule has 1 aliphatic heterocycles. The molecule has 2 aromatic carbocycles. The highest BCUT2D eigenvalue weighted by atomic mass is 35.5. The zero-order valence-corrected chi connectivity index (χ0v) is 16.0. The van der Waals surface area contributed by atoms with Crippen molar-refractivity contribution in [3.05, 3.63) is 77.1 Å². The zero-order chi connectivity index (χ0) is 19.0. The molecule has 0 spiro atoms. The zero-order valence-electron chi connectivity index (χ0n) is 15.3. The smallest absolute Gasteiger partial charge is 0.232 e. The van der Waals surface area contributed by atoms with Crippen LogP contribution in [0.3, 0.4) is 0 Å². The van der Waals surface area contributed by atoms with Crippen molar-refractivity contribution in [2.45, 2.75) is 32.4 Å². The minimum absolute atomic E-state index is 0.0377. The fraction of sp³-hybridized carbons (Fsp3) is 0.286. The Morgan fingerprint density at radius 2 is 1.78 bits per heavy atom. The van der Waals surface area contributed by atoms with E-state index in [9.17, 15) is 4.79 Å². The predicted octanol–water partition coefficient (Wildman–Crippen LogP) is 4.65. The second-order valence-electron chi connectivity index (χ2n) is 7.07. The van der Waals surface area contributed by atoms with Gasteiger partial charge in [-0.3, -0.25) is 9.69 Å². The van der Waals surface area contributed by atoms with Gasteiger partial charge in [0.2, 0.25) is 11.9 Å². The molecule has 138 valence electrons. The van der Waals surface area contributed by atoms with Crippen molar-refractivity contribution >= 4 is 23.5 Å². The maximum atomic E-state index is 13.1. The molecule has 3 aromatic rings. The summed E-state index contributed by atoms with van der Waals surface area (Å²) in [5.74, 6) is 0.465. The van der Waals surface area contributed by atoms with E-state index >= 15 is 0 Å². The number of carbonyl (C=O) groups excluding carboxylic acids is 1. The highest BCUT2D eigenvalue weighted by Gasteiger charge is 2.40. The van der Waals surface area contributed by atoms with Crippen molar-refractivity contribution in [3.63, 3.8) is 0 Å². The summed E-state index contributed by atoms with van der Waals surface area (Å²) in [7, 11) is 0. The van der Waals surface area contributed by atoms with Gasteiger partial charge in [-0.15, -0.1) is 0 Å². The molecule has 5 nitrogen and oxygen atoms in total. The van der Waals surface area contributed by atoms with E-state index in [-0.39, 0.29) is 23.9 Å². The van der Waals surface area contributed by atoms with Crippen LogP contribution in [0, 0.1) is 5.92 Å². The number of rotatable bonds is 3. The van der Waals surface area contributed by atoms with Crippen LogP contribution in [0.1, 0.15) is 43.5 Å². The highest BCUT2D eigenvalue weighted by molar-refractivity contribution is 6.31. The number of halogens is 1. The third-order valence-electron chi connectivity index (χ3n) is 5.00. The number of hydrogen-bond donors (Lipinski definition) is 0. The molecule has 27 heavy (non-hydrogen) atoms. The Morgan fingerprint density at radius 1 is 1.07 bits per heavy atom. The average molecular weight is 381 g/mol. The van der Waals surface area contributed by atoms with Gasteiger partial charge < -0.3 is 0 Å². The molecule has 0 aliphatic carbocycles. The van der Waals surface area contributed by atoms with Gasteiger partial charge in [0.1, 0.15) is 6.33 Å². The topological polar surface area (TPSA) is 51.0 Å². The summed E-state index contributed by atoms with van der Waals surface area (Å²) in [5, 5.41) is 5.12. The van der Waals surface area contributed by atoms with E-state index in [0.717, 1.165) is 11.1 Å². The van der Waals surface area contributed by atoms with E-state index in [4.69, 9.17) is 11.6 Å². The van der Waals surface area contributed by atoms with Crippen molar-refractivity contribution in [2.24, 2.45) is 5.92 Å². The minimum Gasteiger partial charge on any atom is -0.274 e. The van der Waals surface area contributed by atoms with Crippen LogP contribution in [-0.4, -0.2) is 20.7 Å². The van der Waals surface area contributed by atoms with Crippen LogP contribution < -0.4 is 4.90 Å². The summed E-state index contributed by atoms with van der Waals surface area (Å²) in [6.07, 6.45) is 2.19. The molecule has 1 aromatic heterocycles. The molecule has 0 unspecified atom stereocenters. The molecule has 1 aliphatic rings. The quantitative estimate of drug-likeness (QED) is 0.664. The van der Waals surface area contributed by atoms with E-state index in [2.05, 4.69) is 22.2 Å². The first-order chi connectivity index (χ1) is 13.1. The Labute approximate surface area is 163 Å². The first kappa shape index (κ1) is 17.7. The summed E-state index contributed by atoms with van der Waals surface area (Å²) < 4.78 is 1.82. The number of fused-ring (bicyclic) bond motifs is 1. The lowest BCUT2D eigenvalue weighted by Crippen LogP contribution is -2.44. The molecule has 0 N–H and O–H groups in total. The predicted molar refractivity (Wildman–Crippen MR) is 106 cm³/mol. The fourth-order valence-corrected chi connectivity index (χ4v) is 3.95. The van der Waals surface area contributed by atoms with Gasteiger partial charge in [-0.25, -0.2) is 4.68 Å². The normalized spacial score (nSPS) is 19.2. The number of aromatic nitrogens is 3. The molecule has 2 heterocycles. The summed E-state index contributed by atoms with van der Waals surface area (Å²) in [6.45, 7) is 3.82. The van der Waals surface area contributed by atoms with Crippen molar-refractivity contribution < 1.29 is 4.79 Å². The van der Waals surface area contributed by atoms with E-state index in [0.29, 0.717) is 17.4 Å². The number of hydrogen-bond acceptors (Lipinski definition) is 3. The SMILES string of the molecule is CC(C)C(=O)N1c2ncnn2[C@@H](c2ccccc2Cl)C[C@@H]1c1ccccc1. The molecule has 0 bridgehead atoms. The summed E-state index contributed by atoms with van der Waals surface area (Å²) >= 11 is 6.49. The van der Waals surface area contributed by atoms with Crippen molar-refractivity contribution in [1.29, 1.82) is 0 Å². The van der Waals surface area contributed by atoms with Crippen LogP contribution in [0.5, 0.6) is 0 Å². The average Bonchev–Trinajstić information content (AvgIpc) is 3.17. The van der Waals surface area contributed by atoms with Crippen LogP contribution in [-0.2, 0) is 4.79 Å². The van der Waals surface area contributed by atoms with Crippen LogP contribution in [0.25, 0.3) is 0 Å². The number of anilines is 1. The second kappa shape index (κ2) is 7.16. The molecule has 2 atom stereocenters. The fourth-order valence-electron chi connectivity index (χ4n) is 3.69. The molecule has 0 saturated carbocycles. The van der Waals surface area contributed by atoms with Gasteiger partial charge in [-0.05, 0) is 23.6 Å². The van der Waals surface area contributed by atoms with Gasteiger partial charge in [0.25, 0.3) is 0 Å². The number of nitrogens with zero attached hydrogens (tertiary/aromatic N) is 4. The Balaban J connectivity index is 1.87. The third-order valence-corrected chi connectivity index (χ3v) is 5.35. The van der Waals surface area contributed by atoms with Crippen molar-refractivity contribution in [3.8, 4) is 0 Å². The molecule has 0 saturated heterocycles. The monoisotopic (exact) mass is 380 g/mol. The van der Waals surface area contributed by atoms with Crippen LogP contribution >= 0.6 is 11.6 Å². The van der Waals surface area contributed by atoms with Gasteiger partial charge >= 0.3 is 0 Å². The Bertz CT molecular complexity index is 954. The van der Waals surface area contributed by atoms with Gasteiger partial charge in [-0.2, -0.15) is 10.1 Å². The first-order valence-corrected chi connectivity index (χ1v) is 9.47.